The molecule has 0 heterocycles. The van der Waals surface area contributed by atoms with Crippen molar-refractivity contribution < 1.29 is 23.1 Å². The van der Waals surface area contributed by atoms with E-state index < -0.39 is 35.8 Å². The standard InChI is InChI=1S/C8H11F3O2/c1-7(2)4(3-8(9,10)11)5(7)6(12)13/h4-5H,3H2,1-2H3,(H,12,13)/t4-,5+/m0/s1. The summed E-state index contributed by atoms with van der Waals surface area (Å²) in [7, 11) is 0. The predicted octanol–water partition coefficient (Wildman–Crippen LogP) is 2.30. The van der Waals surface area contributed by atoms with Crippen molar-refractivity contribution in [3.63, 3.8) is 0 Å². The molecule has 1 fully saturated rings. The summed E-state index contributed by atoms with van der Waals surface area (Å²) in [4.78, 5) is 10.5. The lowest BCUT2D eigenvalue weighted by Crippen LogP contribution is -2.10. The van der Waals surface area contributed by atoms with E-state index in [1.54, 1.807) is 13.8 Å². The second-order valence-corrected chi connectivity index (χ2v) is 4.06. The zero-order valence-electron chi connectivity index (χ0n) is 7.35. The van der Waals surface area contributed by atoms with Gasteiger partial charge in [0.1, 0.15) is 0 Å². The molecule has 5 heteroatoms. The molecular weight excluding hydrogens is 185 g/mol. The minimum Gasteiger partial charge on any atom is -0.481 e. The Morgan fingerprint density at radius 2 is 1.92 bits per heavy atom. The number of hydrogen-bond acceptors (Lipinski definition) is 1. The van der Waals surface area contributed by atoms with Gasteiger partial charge in [-0.3, -0.25) is 4.79 Å². The van der Waals surface area contributed by atoms with Crippen molar-refractivity contribution in [2.45, 2.75) is 26.4 Å². The number of carboxylic acids is 1. The zero-order chi connectivity index (χ0) is 10.4. The van der Waals surface area contributed by atoms with E-state index in [0.717, 1.165) is 0 Å². The van der Waals surface area contributed by atoms with Gasteiger partial charge in [0.05, 0.1) is 5.92 Å². The zero-order valence-corrected chi connectivity index (χ0v) is 7.35. The van der Waals surface area contributed by atoms with Crippen LogP contribution in [0.4, 0.5) is 13.2 Å². The molecule has 0 aliphatic heterocycles. The van der Waals surface area contributed by atoms with Crippen LogP contribution in [-0.2, 0) is 4.79 Å². The van der Waals surface area contributed by atoms with E-state index in [2.05, 4.69) is 0 Å². The topological polar surface area (TPSA) is 37.3 Å². The van der Waals surface area contributed by atoms with Crippen LogP contribution >= 0.6 is 0 Å². The van der Waals surface area contributed by atoms with Crippen molar-refractivity contribution in [1.29, 1.82) is 0 Å². The molecule has 0 aromatic carbocycles. The molecule has 1 aliphatic carbocycles. The van der Waals surface area contributed by atoms with Crippen molar-refractivity contribution in [1.82, 2.24) is 0 Å². The van der Waals surface area contributed by atoms with E-state index in [9.17, 15) is 18.0 Å². The van der Waals surface area contributed by atoms with Gasteiger partial charge in [-0.25, -0.2) is 0 Å². The lowest BCUT2D eigenvalue weighted by Gasteiger charge is -2.05. The van der Waals surface area contributed by atoms with Gasteiger partial charge < -0.3 is 5.11 Å². The van der Waals surface area contributed by atoms with Crippen LogP contribution in [0.15, 0.2) is 0 Å². The van der Waals surface area contributed by atoms with Crippen LogP contribution in [0, 0.1) is 17.3 Å². The molecule has 0 aromatic heterocycles. The van der Waals surface area contributed by atoms with Crippen LogP contribution in [0.1, 0.15) is 20.3 Å². The predicted molar refractivity (Wildman–Crippen MR) is 39.1 cm³/mol. The monoisotopic (exact) mass is 196 g/mol. The minimum atomic E-state index is -4.26. The lowest BCUT2D eigenvalue weighted by atomic mass is 10.1. The summed E-state index contributed by atoms with van der Waals surface area (Å²) < 4.78 is 35.8. The molecule has 2 atom stereocenters. The Balaban J connectivity index is 2.61. The Kier molecular flexibility index (Phi) is 2.09. The number of rotatable bonds is 2. The van der Waals surface area contributed by atoms with Gasteiger partial charge in [-0.1, -0.05) is 13.8 Å². The van der Waals surface area contributed by atoms with Crippen molar-refractivity contribution in [3.05, 3.63) is 0 Å². The third-order valence-corrected chi connectivity index (χ3v) is 2.77. The smallest absolute Gasteiger partial charge is 0.389 e. The molecule has 1 rings (SSSR count). The van der Waals surface area contributed by atoms with Gasteiger partial charge in [0, 0.05) is 6.42 Å². The first-order valence-corrected chi connectivity index (χ1v) is 3.96. The summed E-state index contributed by atoms with van der Waals surface area (Å²) in [5.41, 5.74) is -0.707. The molecule has 0 radical (unpaired) electrons. The average Bonchev–Trinajstić information content (AvgIpc) is 2.28. The molecule has 1 saturated carbocycles. The van der Waals surface area contributed by atoms with Crippen LogP contribution in [0.3, 0.4) is 0 Å². The van der Waals surface area contributed by atoms with Crippen LogP contribution in [0.5, 0.6) is 0 Å². The van der Waals surface area contributed by atoms with Gasteiger partial charge in [0.25, 0.3) is 0 Å². The van der Waals surface area contributed by atoms with Gasteiger partial charge in [-0.2, -0.15) is 13.2 Å². The molecule has 1 aliphatic rings. The highest BCUT2D eigenvalue weighted by molar-refractivity contribution is 5.75. The van der Waals surface area contributed by atoms with Gasteiger partial charge in [-0.15, -0.1) is 0 Å². The summed E-state index contributed by atoms with van der Waals surface area (Å²) in [5, 5.41) is 8.59. The maximum absolute atomic E-state index is 11.9. The summed E-state index contributed by atoms with van der Waals surface area (Å²) in [6.45, 7) is 3.12. The average molecular weight is 196 g/mol. The molecule has 0 spiro atoms. The van der Waals surface area contributed by atoms with Crippen molar-refractivity contribution >= 4 is 5.97 Å². The molecule has 1 N–H and O–H groups in total. The fourth-order valence-corrected chi connectivity index (χ4v) is 1.86. The van der Waals surface area contributed by atoms with E-state index in [1.807, 2.05) is 0 Å². The fourth-order valence-electron chi connectivity index (χ4n) is 1.86. The second kappa shape index (κ2) is 2.62. The molecular formula is C8H11F3O2. The Hall–Kier alpha value is -0.740. The molecule has 0 saturated heterocycles. The summed E-state index contributed by atoms with van der Waals surface area (Å²) in [6, 6.07) is 0. The molecule has 76 valence electrons. The van der Waals surface area contributed by atoms with E-state index in [0.29, 0.717) is 0 Å². The normalized spacial score (nSPS) is 31.5. The van der Waals surface area contributed by atoms with Gasteiger partial charge in [0.15, 0.2) is 0 Å². The Morgan fingerprint density at radius 3 is 2.15 bits per heavy atom. The Morgan fingerprint density at radius 1 is 1.46 bits per heavy atom. The minimum absolute atomic E-state index is 0.707. The van der Waals surface area contributed by atoms with Crippen LogP contribution in [0.25, 0.3) is 0 Å². The first kappa shape index (κ1) is 10.3. The van der Waals surface area contributed by atoms with E-state index in [4.69, 9.17) is 5.11 Å². The number of carboxylic acid groups (broad SMARTS) is 1. The molecule has 2 nitrogen and oxygen atoms in total. The van der Waals surface area contributed by atoms with E-state index in [1.165, 1.54) is 0 Å². The van der Waals surface area contributed by atoms with Crippen LogP contribution in [-0.4, -0.2) is 17.3 Å². The summed E-state index contributed by atoms with van der Waals surface area (Å²) >= 11 is 0. The number of alkyl halides is 3. The maximum atomic E-state index is 11.9. The van der Waals surface area contributed by atoms with Gasteiger partial charge in [0.2, 0.25) is 0 Å². The second-order valence-electron chi connectivity index (χ2n) is 4.06. The van der Waals surface area contributed by atoms with E-state index >= 15 is 0 Å². The first-order chi connectivity index (χ1) is 5.66. The summed E-state index contributed by atoms with van der Waals surface area (Å²) in [6.07, 6.45) is -5.25. The maximum Gasteiger partial charge on any atom is 0.389 e. The number of halogens is 3. The largest absolute Gasteiger partial charge is 0.481 e. The highest BCUT2D eigenvalue weighted by Crippen LogP contribution is 2.61. The van der Waals surface area contributed by atoms with Crippen LogP contribution < -0.4 is 0 Å². The summed E-state index contributed by atoms with van der Waals surface area (Å²) in [5.74, 6) is -2.72. The molecule has 0 aromatic rings. The number of hydrogen-bond donors (Lipinski definition) is 1. The quantitative estimate of drug-likeness (QED) is 0.735. The van der Waals surface area contributed by atoms with Crippen molar-refractivity contribution in [2.75, 3.05) is 0 Å². The molecule has 0 unspecified atom stereocenters. The molecule has 0 amide bonds. The van der Waals surface area contributed by atoms with E-state index in [-0.39, 0.29) is 0 Å². The Labute approximate surface area is 73.7 Å². The van der Waals surface area contributed by atoms with Gasteiger partial charge >= 0.3 is 12.1 Å². The van der Waals surface area contributed by atoms with Crippen molar-refractivity contribution in [2.24, 2.45) is 17.3 Å². The van der Waals surface area contributed by atoms with Crippen LogP contribution in [0.2, 0.25) is 0 Å². The first-order valence-electron chi connectivity index (χ1n) is 3.96. The third-order valence-electron chi connectivity index (χ3n) is 2.77. The number of aliphatic carboxylic acids is 1. The molecule has 0 bridgehead atoms. The third kappa shape index (κ3) is 1.95. The fraction of sp³-hybridized carbons (Fsp3) is 0.875. The van der Waals surface area contributed by atoms with Gasteiger partial charge in [-0.05, 0) is 11.3 Å². The highest BCUT2D eigenvalue weighted by atomic mass is 19.4. The Bertz CT molecular complexity index is 232. The van der Waals surface area contributed by atoms with Crippen molar-refractivity contribution in [3.8, 4) is 0 Å². The SMILES string of the molecule is CC1(C)[C@@H](CC(F)(F)F)[C@@H]1C(=O)O. The lowest BCUT2D eigenvalue weighted by molar-refractivity contribution is -0.144. The number of carbonyl (C=O) groups is 1. The molecule has 13 heavy (non-hydrogen) atoms. The highest BCUT2D eigenvalue weighted by Gasteiger charge is 2.64.